The molecule has 6 nitrogen and oxygen atoms in total. The average molecular weight is 365 g/mol. The van der Waals surface area contributed by atoms with E-state index < -0.39 is 0 Å². The lowest BCUT2D eigenvalue weighted by molar-refractivity contribution is -0.117. The van der Waals surface area contributed by atoms with Crippen LogP contribution in [0.3, 0.4) is 0 Å². The van der Waals surface area contributed by atoms with Crippen LogP contribution >= 0.6 is 0 Å². The number of anilines is 2. The summed E-state index contributed by atoms with van der Waals surface area (Å²) in [5.74, 6) is -0.513. The van der Waals surface area contributed by atoms with E-state index in [0.717, 1.165) is 23.2 Å². The number of carbonyl (C=O) groups excluding carboxylic acids is 3. The second kappa shape index (κ2) is 8.03. The molecule has 1 fully saturated rings. The quantitative estimate of drug-likeness (QED) is 0.855. The van der Waals surface area contributed by atoms with Crippen molar-refractivity contribution in [2.24, 2.45) is 0 Å². The van der Waals surface area contributed by atoms with E-state index in [1.54, 1.807) is 35.2 Å². The maximum atomic E-state index is 12.2. The zero-order valence-corrected chi connectivity index (χ0v) is 15.5. The number of carbonyl (C=O) groups is 3. The van der Waals surface area contributed by atoms with E-state index in [1.807, 2.05) is 26.0 Å². The molecule has 1 saturated heterocycles. The molecule has 0 bridgehead atoms. The number of nitrogens with one attached hydrogen (secondary N) is 2. The normalized spacial score (nSPS) is 13.6. The Balaban J connectivity index is 1.57. The lowest BCUT2D eigenvalue weighted by atomic mass is 10.1. The van der Waals surface area contributed by atoms with Gasteiger partial charge in [0.2, 0.25) is 11.8 Å². The van der Waals surface area contributed by atoms with E-state index in [1.165, 1.54) is 0 Å². The van der Waals surface area contributed by atoms with Crippen molar-refractivity contribution in [3.8, 4) is 0 Å². The summed E-state index contributed by atoms with van der Waals surface area (Å²) in [7, 11) is 0. The van der Waals surface area contributed by atoms with Crippen molar-refractivity contribution in [3.63, 3.8) is 0 Å². The van der Waals surface area contributed by atoms with Crippen molar-refractivity contribution in [1.29, 1.82) is 0 Å². The molecule has 0 spiro atoms. The number of hydrogen-bond donors (Lipinski definition) is 2. The molecule has 0 unspecified atom stereocenters. The van der Waals surface area contributed by atoms with E-state index in [4.69, 9.17) is 0 Å². The Kier molecular flexibility index (Phi) is 5.54. The molecule has 0 aliphatic carbocycles. The molecule has 0 atom stereocenters. The van der Waals surface area contributed by atoms with Gasteiger partial charge in [0.05, 0.1) is 6.54 Å². The van der Waals surface area contributed by atoms with Gasteiger partial charge in [0.15, 0.2) is 0 Å². The molecule has 2 N–H and O–H groups in total. The highest BCUT2D eigenvalue weighted by molar-refractivity contribution is 6.00. The monoisotopic (exact) mass is 365 g/mol. The summed E-state index contributed by atoms with van der Waals surface area (Å²) < 4.78 is 0. The number of aryl methyl sites for hydroxylation is 2. The molecule has 2 aromatic rings. The van der Waals surface area contributed by atoms with Crippen molar-refractivity contribution in [3.05, 3.63) is 59.2 Å². The lowest BCUT2D eigenvalue weighted by Crippen LogP contribution is -2.33. The number of hydrogen-bond acceptors (Lipinski definition) is 3. The van der Waals surface area contributed by atoms with Gasteiger partial charge in [-0.15, -0.1) is 0 Å². The maximum Gasteiger partial charge on any atom is 0.251 e. The third-order valence-corrected chi connectivity index (χ3v) is 4.69. The molecule has 0 saturated carbocycles. The molecule has 1 heterocycles. The highest BCUT2D eigenvalue weighted by atomic mass is 16.2. The van der Waals surface area contributed by atoms with Gasteiger partial charge in [-0.25, -0.2) is 0 Å². The topological polar surface area (TPSA) is 78.5 Å². The van der Waals surface area contributed by atoms with Gasteiger partial charge in [-0.2, -0.15) is 0 Å². The van der Waals surface area contributed by atoms with E-state index in [-0.39, 0.29) is 24.3 Å². The Morgan fingerprint density at radius 2 is 1.89 bits per heavy atom. The molecule has 6 heteroatoms. The summed E-state index contributed by atoms with van der Waals surface area (Å²) in [6.07, 6.45) is 1.40. The Bertz CT molecular complexity index is 892. The van der Waals surface area contributed by atoms with Crippen LogP contribution in [0, 0.1) is 13.8 Å². The first-order valence-electron chi connectivity index (χ1n) is 9.00. The van der Waals surface area contributed by atoms with Crippen LogP contribution in [0.4, 0.5) is 11.4 Å². The van der Waals surface area contributed by atoms with Gasteiger partial charge in [-0.3, -0.25) is 14.4 Å². The summed E-state index contributed by atoms with van der Waals surface area (Å²) in [4.78, 5) is 37.9. The van der Waals surface area contributed by atoms with E-state index in [2.05, 4.69) is 10.6 Å². The van der Waals surface area contributed by atoms with E-state index in [0.29, 0.717) is 24.2 Å². The fraction of sp³-hybridized carbons (Fsp3) is 0.286. The van der Waals surface area contributed by atoms with Gasteiger partial charge in [-0.1, -0.05) is 12.1 Å². The summed E-state index contributed by atoms with van der Waals surface area (Å²) in [5, 5.41) is 5.38. The molecular weight excluding hydrogens is 342 g/mol. The zero-order valence-electron chi connectivity index (χ0n) is 15.5. The smallest absolute Gasteiger partial charge is 0.251 e. The molecule has 3 rings (SSSR count). The van der Waals surface area contributed by atoms with Crippen LogP contribution in [0.2, 0.25) is 0 Å². The van der Waals surface area contributed by atoms with Crippen LogP contribution in [-0.4, -0.2) is 30.8 Å². The first kappa shape index (κ1) is 18.6. The average Bonchev–Trinajstić information content (AvgIpc) is 3.08. The van der Waals surface area contributed by atoms with Crippen LogP contribution in [-0.2, 0) is 9.59 Å². The first-order chi connectivity index (χ1) is 12.9. The maximum absolute atomic E-state index is 12.2. The minimum Gasteiger partial charge on any atom is -0.343 e. The van der Waals surface area contributed by atoms with Crippen molar-refractivity contribution in [2.75, 3.05) is 23.3 Å². The highest BCUT2D eigenvalue weighted by Gasteiger charge is 2.21. The second-order valence-corrected chi connectivity index (χ2v) is 6.73. The predicted octanol–water partition coefficient (Wildman–Crippen LogP) is 2.80. The molecule has 0 radical (unpaired) electrons. The number of amides is 3. The molecular formula is C21H23N3O3. The standard InChI is InChI=1S/C21H23N3O3/c1-14-8-9-16(11-15(14)2)21(27)22-13-19(25)23-17-5-3-6-18(12-17)24-10-4-7-20(24)26/h3,5-6,8-9,11-12H,4,7,10,13H2,1-2H3,(H,22,27)(H,23,25). The highest BCUT2D eigenvalue weighted by Crippen LogP contribution is 2.24. The van der Waals surface area contributed by atoms with Crippen molar-refractivity contribution >= 4 is 29.1 Å². The van der Waals surface area contributed by atoms with Gasteiger partial charge >= 0.3 is 0 Å². The second-order valence-electron chi connectivity index (χ2n) is 6.73. The minimum atomic E-state index is -0.322. The molecule has 3 amide bonds. The summed E-state index contributed by atoms with van der Waals surface area (Å²) in [6.45, 7) is 4.49. The molecule has 140 valence electrons. The summed E-state index contributed by atoms with van der Waals surface area (Å²) >= 11 is 0. The molecule has 1 aliphatic heterocycles. The van der Waals surface area contributed by atoms with E-state index in [9.17, 15) is 14.4 Å². The number of benzene rings is 2. The van der Waals surface area contributed by atoms with Crippen LogP contribution in [0.25, 0.3) is 0 Å². The lowest BCUT2D eigenvalue weighted by Gasteiger charge is -2.16. The van der Waals surface area contributed by atoms with E-state index >= 15 is 0 Å². The van der Waals surface area contributed by atoms with Crippen LogP contribution in [0.5, 0.6) is 0 Å². The predicted molar refractivity (Wildman–Crippen MR) is 105 cm³/mol. The van der Waals surface area contributed by atoms with Gasteiger partial charge in [0.25, 0.3) is 5.91 Å². The SMILES string of the molecule is Cc1ccc(C(=O)NCC(=O)Nc2cccc(N3CCCC3=O)c2)cc1C. The minimum absolute atomic E-state index is 0.0964. The number of rotatable bonds is 5. The Morgan fingerprint density at radius 3 is 2.59 bits per heavy atom. The van der Waals surface area contributed by atoms with Gasteiger partial charge in [-0.05, 0) is 61.7 Å². The zero-order chi connectivity index (χ0) is 19.4. The molecule has 27 heavy (non-hydrogen) atoms. The van der Waals surface area contributed by atoms with Crippen molar-refractivity contribution < 1.29 is 14.4 Å². The number of nitrogens with zero attached hydrogens (tertiary/aromatic N) is 1. The van der Waals surface area contributed by atoms with Crippen molar-refractivity contribution in [2.45, 2.75) is 26.7 Å². The van der Waals surface area contributed by atoms with Crippen LogP contribution < -0.4 is 15.5 Å². The largest absolute Gasteiger partial charge is 0.343 e. The Hall–Kier alpha value is -3.15. The molecule has 1 aliphatic rings. The first-order valence-corrected chi connectivity index (χ1v) is 9.00. The van der Waals surface area contributed by atoms with Crippen LogP contribution in [0.15, 0.2) is 42.5 Å². The Morgan fingerprint density at radius 1 is 1.07 bits per heavy atom. The third kappa shape index (κ3) is 4.53. The fourth-order valence-corrected chi connectivity index (χ4v) is 3.02. The Labute approximate surface area is 158 Å². The van der Waals surface area contributed by atoms with Gasteiger partial charge in [0.1, 0.15) is 0 Å². The van der Waals surface area contributed by atoms with Gasteiger partial charge in [0, 0.05) is 29.9 Å². The molecule has 0 aromatic heterocycles. The third-order valence-electron chi connectivity index (χ3n) is 4.69. The van der Waals surface area contributed by atoms with Crippen molar-refractivity contribution in [1.82, 2.24) is 5.32 Å². The summed E-state index contributed by atoms with van der Waals surface area (Å²) in [6, 6.07) is 12.6. The fourth-order valence-electron chi connectivity index (χ4n) is 3.02. The van der Waals surface area contributed by atoms with Gasteiger partial charge < -0.3 is 15.5 Å². The molecule has 2 aromatic carbocycles. The summed E-state index contributed by atoms with van der Waals surface area (Å²) in [5.41, 5.74) is 4.04. The van der Waals surface area contributed by atoms with Crippen LogP contribution in [0.1, 0.15) is 34.3 Å².